The molecule has 0 aliphatic heterocycles. The first-order valence-electron chi connectivity index (χ1n) is 5.25. The summed E-state index contributed by atoms with van der Waals surface area (Å²) in [5.41, 5.74) is 1.40. The van der Waals surface area contributed by atoms with Crippen LogP contribution in [-0.2, 0) is 0 Å². The van der Waals surface area contributed by atoms with Crippen molar-refractivity contribution in [1.82, 2.24) is 5.32 Å². The molecule has 1 N–H and O–H groups in total. The van der Waals surface area contributed by atoms with Gasteiger partial charge in [-0.25, -0.2) is 0 Å². The Morgan fingerprint density at radius 1 is 1.47 bits per heavy atom. The zero-order chi connectivity index (χ0) is 11.0. The number of halogens is 2. The largest absolute Gasteiger partial charge is 0.313 e. The van der Waals surface area contributed by atoms with E-state index in [1.54, 1.807) is 11.3 Å². The Hall–Kier alpha value is 0.620. The predicted octanol–water partition coefficient (Wildman–Crippen LogP) is 4.58. The zero-order valence-electron chi connectivity index (χ0n) is 8.89. The molecular weight excluding hydrogens is 338 g/mol. The highest BCUT2D eigenvalue weighted by Crippen LogP contribution is 2.45. The molecule has 15 heavy (non-hydrogen) atoms. The highest BCUT2D eigenvalue weighted by Gasteiger charge is 2.34. The van der Waals surface area contributed by atoms with Gasteiger partial charge in [-0.3, -0.25) is 0 Å². The Bertz CT molecular complexity index is 346. The van der Waals surface area contributed by atoms with E-state index in [4.69, 9.17) is 0 Å². The average Bonchev–Trinajstić information content (AvgIpc) is 2.95. The van der Waals surface area contributed by atoms with Gasteiger partial charge in [-0.1, -0.05) is 6.92 Å². The van der Waals surface area contributed by atoms with Crippen LogP contribution < -0.4 is 5.32 Å². The van der Waals surface area contributed by atoms with E-state index >= 15 is 0 Å². The van der Waals surface area contributed by atoms with Gasteiger partial charge >= 0.3 is 0 Å². The smallest absolute Gasteiger partial charge is 0.0758 e. The topological polar surface area (TPSA) is 12.0 Å². The first-order chi connectivity index (χ1) is 7.13. The second-order valence-corrected chi connectivity index (χ2v) is 7.99. The van der Waals surface area contributed by atoms with Crippen LogP contribution in [0.4, 0.5) is 0 Å². The molecule has 1 aliphatic rings. The molecule has 2 rings (SSSR count). The minimum absolute atomic E-state index is 0.481. The van der Waals surface area contributed by atoms with Gasteiger partial charge in [-0.2, -0.15) is 0 Å². The maximum Gasteiger partial charge on any atom is 0.0758 e. The lowest BCUT2D eigenvalue weighted by molar-refractivity contribution is 0.369. The van der Waals surface area contributed by atoms with Crippen molar-refractivity contribution in [2.24, 2.45) is 11.8 Å². The fourth-order valence-corrected chi connectivity index (χ4v) is 5.09. The standard InChI is InChI=1S/C11H15Br2NS/c1-6(7-3-4-7)10(14-2)8-5-9(12)15-11(8)13/h5-7,10,14H,3-4H2,1-2H3. The van der Waals surface area contributed by atoms with Crippen molar-refractivity contribution in [3.8, 4) is 0 Å². The second kappa shape index (κ2) is 4.86. The maximum atomic E-state index is 3.64. The first kappa shape index (κ1) is 12.1. The lowest BCUT2D eigenvalue weighted by Crippen LogP contribution is -2.24. The molecule has 0 amide bonds. The Balaban J connectivity index is 2.21. The fourth-order valence-electron chi connectivity index (χ4n) is 2.16. The van der Waals surface area contributed by atoms with Gasteiger partial charge in [-0.05, 0) is 75.2 Å². The number of nitrogens with one attached hydrogen (secondary N) is 1. The molecule has 1 heterocycles. The van der Waals surface area contributed by atoms with E-state index in [-0.39, 0.29) is 0 Å². The average molecular weight is 353 g/mol. The van der Waals surface area contributed by atoms with Crippen LogP contribution in [0.1, 0.15) is 31.4 Å². The highest BCUT2D eigenvalue weighted by atomic mass is 79.9. The van der Waals surface area contributed by atoms with Crippen LogP contribution in [0.3, 0.4) is 0 Å². The SMILES string of the molecule is CNC(c1cc(Br)sc1Br)C(C)C1CC1. The van der Waals surface area contributed by atoms with Gasteiger partial charge in [-0.15, -0.1) is 11.3 Å². The molecule has 2 unspecified atom stereocenters. The summed E-state index contributed by atoms with van der Waals surface area (Å²) < 4.78 is 2.45. The molecule has 0 aromatic carbocycles. The van der Waals surface area contributed by atoms with Gasteiger partial charge in [0.1, 0.15) is 0 Å². The van der Waals surface area contributed by atoms with Crippen LogP contribution >= 0.6 is 43.2 Å². The molecule has 1 aliphatic carbocycles. The van der Waals surface area contributed by atoms with Gasteiger partial charge in [0.2, 0.25) is 0 Å². The molecule has 0 saturated heterocycles. The Morgan fingerprint density at radius 3 is 2.53 bits per heavy atom. The van der Waals surface area contributed by atoms with Crippen LogP contribution in [-0.4, -0.2) is 7.05 Å². The number of hydrogen-bond donors (Lipinski definition) is 1. The van der Waals surface area contributed by atoms with Crippen molar-refractivity contribution in [3.63, 3.8) is 0 Å². The van der Waals surface area contributed by atoms with Crippen molar-refractivity contribution in [3.05, 3.63) is 19.2 Å². The summed E-state index contributed by atoms with van der Waals surface area (Å²) in [6.07, 6.45) is 2.81. The van der Waals surface area contributed by atoms with Crippen LogP contribution in [0, 0.1) is 11.8 Å². The molecule has 0 bridgehead atoms. The van der Waals surface area contributed by atoms with Crippen LogP contribution in [0.5, 0.6) is 0 Å². The van der Waals surface area contributed by atoms with Gasteiger partial charge in [0.15, 0.2) is 0 Å². The molecule has 4 heteroatoms. The van der Waals surface area contributed by atoms with E-state index in [0.29, 0.717) is 6.04 Å². The van der Waals surface area contributed by atoms with E-state index in [1.807, 2.05) is 0 Å². The summed E-state index contributed by atoms with van der Waals surface area (Å²) >= 11 is 8.94. The lowest BCUT2D eigenvalue weighted by atomic mass is 9.92. The Morgan fingerprint density at radius 2 is 2.13 bits per heavy atom. The minimum Gasteiger partial charge on any atom is -0.313 e. The molecule has 1 aromatic rings. The van der Waals surface area contributed by atoms with Gasteiger partial charge in [0.05, 0.1) is 7.57 Å². The fraction of sp³-hybridized carbons (Fsp3) is 0.636. The van der Waals surface area contributed by atoms with Crippen molar-refractivity contribution in [2.75, 3.05) is 7.05 Å². The maximum absolute atomic E-state index is 3.64. The second-order valence-electron chi connectivity index (χ2n) is 4.24. The predicted molar refractivity (Wildman–Crippen MR) is 73.4 cm³/mol. The number of hydrogen-bond acceptors (Lipinski definition) is 2. The molecule has 1 fully saturated rings. The van der Waals surface area contributed by atoms with Gasteiger partial charge in [0, 0.05) is 6.04 Å². The number of rotatable bonds is 4. The van der Waals surface area contributed by atoms with Crippen LogP contribution in [0.15, 0.2) is 13.6 Å². The molecule has 84 valence electrons. The zero-order valence-corrected chi connectivity index (χ0v) is 12.9. The van der Waals surface area contributed by atoms with E-state index in [2.05, 4.69) is 57.2 Å². The van der Waals surface area contributed by atoms with E-state index in [0.717, 1.165) is 11.8 Å². The van der Waals surface area contributed by atoms with Crippen LogP contribution in [0.2, 0.25) is 0 Å². The highest BCUT2D eigenvalue weighted by molar-refractivity contribution is 9.12. The molecule has 1 saturated carbocycles. The van der Waals surface area contributed by atoms with E-state index < -0.39 is 0 Å². The Kier molecular flexibility index (Phi) is 3.92. The third-order valence-electron chi connectivity index (χ3n) is 3.22. The van der Waals surface area contributed by atoms with Crippen molar-refractivity contribution >= 4 is 43.2 Å². The number of thiophene rings is 1. The van der Waals surface area contributed by atoms with E-state index in [9.17, 15) is 0 Å². The quantitative estimate of drug-likeness (QED) is 0.836. The molecule has 0 spiro atoms. The van der Waals surface area contributed by atoms with Crippen molar-refractivity contribution < 1.29 is 0 Å². The first-order valence-corrected chi connectivity index (χ1v) is 7.65. The third-order valence-corrected chi connectivity index (χ3v) is 5.61. The summed E-state index contributed by atoms with van der Waals surface area (Å²) in [7, 11) is 2.06. The van der Waals surface area contributed by atoms with Gasteiger partial charge in [0.25, 0.3) is 0 Å². The van der Waals surface area contributed by atoms with Crippen LogP contribution in [0.25, 0.3) is 0 Å². The van der Waals surface area contributed by atoms with Gasteiger partial charge < -0.3 is 5.32 Å². The van der Waals surface area contributed by atoms with E-state index in [1.165, 1.54) is 26.0 Å². The molecule has 0 radical (unpaired) electrons. The Labute approximate surface area is 112 Å². The van der Waals surface area contributed by atoms with Crippen molar-refractivity contribution in [2.45, 2.75) is 25.8 Å². The lowest BCUT2D eigenvalue weighted by Gasteiger charge is -2.23. The third kappa shape index (κ3) is 2.65. The summed E-state index contributed by atoms with van der Waals surface area (Å²) in [5, 5.41) is 3.45. The molecular formula is C11H15Br2NS. The summed E-state index contributed by atoms with van der Waals surface area (Å²) in [6, 6.07) is 2.71. The summed E-state index contributed by atoms with van der Waals surface area (Å²) in [4.78, 5) is 0. The monoisotopic (exact) mass is 351 g/mol. The normalized spacial score (nSPS) is 20.3. The summed E-state index contributed by atoms with van der Waals surface area (Å²) in [6.45, 7) is 2.36. The van der Waals surface area contributed by atoms with Crippen molar-refractivity contribution in [1.29, 1.82) is 0 Å². The molecule has 1 aromatic heterocycles. The molecule has 1 nitrogen and oxygen atoms in total. The minimum atomic E-state index is 0.481. The summed E-state index contributed by atoms with van der Waals surface area (Å²) in [5.74, 6) is 1.65. The molecule has 2 atom stereocenters.